The molecule has 1 N–H and O–H groups in total. The van der Waals surface area contributed by atoms with E-state index < -0.39 is 0 Å². The number of ether oxygens (including phenoxy) is 1. The van der Waals surface area contributed by atoms with Crippen molar-refractivity contribution in [2.45, 2.75) is 11.8 Å². The fourth-order valence-electron chi connectivity index (χ4n) is 3.46. The second-order valence-electron chi connectivity index (χ2n) is 7.70. The Morgan fingerprint density at radius 3 is 2.36 bits per heavy atom. The Kier molecular flexibility index (Phi) is 7.29. The van der Waals surface area contributed by atoms with Gasteiger partial charge >= 0.3 is 0 Å². The van der Waals surface area contributed by atoms with Crippen molar-refractivity contribution >= 4 is 23.4 Å². The number of rotatable bonds is 9. The highest BCUT2D eigenvalue weighted by Gasteiger charge is 2.18. The first kappa shape index (κ1) is 23.3. The monoisotopic (exact) mass is 494 g/mol. The Morgan fingerprint density at radius 2 is 1.64 bits per heavy atom. The minimum absolute atomic E-state index is 0.151. The van der Waals surface area contributed by atoms with E-state index >= 15 is 0 Å². The summed E-state index contributed by atoms with van der Waals surface area (Å²) in [5.74, 6) is 1.31. The van der Waals surface area contributed by atoms with Crippen molar-refractivity contribution < 1.29 is 9.53 Å². The van der Waals surface area contributed by atoms with Crippen molar-refractivity contribution in [2.75, 3.05) is 11.1 Å². The van der Waals surface area contributed by atoms with Gasteiger partial charge in [-0.15, -0.1) is 10.2 Å². The second-order valence-corrected chi connectivity index (χ2v) is 8.65. The smallest absolute Gasteiger partial charge is 0.234 e. The number of benzene rings is 3. The maximum atomic E-state index is 12.7. The number of amides is 1. The molecule has 0 spiro atoms. The van der Waals surface area contributed by atoms with Gasteiger partial charge in [0.05, 0.1) is 11.9 Å². The summed E-state index contributed by atoms with van der Waals surface area (Å²) in [7, 11) is 0. The third-order valence-corrected chi connectivity index (χ3v) is 6.09. The number of aromatic nitrogens is 5. The summed E-state index contributed by atoms with van der Waals surface area (Å²) >= 11 is 1.30. The van der Waals surface area contributed by atoms with Gasteiger partial charge in [-0.25, -0.2) is 4.98 Å². The van der Waals surface area contributed by atoms with E-state index in [0.29, 0.717) is 29.0 Å². The molecule has 0 bridgehead atoms. The molecule has 9 heteroatoms. The molecule has 0 saturated carbocycles. The van der Waals surface area contributed by atoms with Crippen LogP contribution in [0, 0.1) is 0 Å². The molecule has 1 amide bonds. The van der Waals surface area contributed by atoms with E-state index in [4.69, 9.17) is 4.74 Å². The zero-order valence-corrected chi connectivity index (χ0v) is 20.0. The van der Waals surface area contributed by atoms with Crippen molar-refractivity contribution in [1.29, 1.82) is 0 Å². The number of nitrogens with zero attached hydrogens (tertiary/aromatic N) is 5. The van der Waals surface area contributed by atoms with Crippen molar-refractivity contribution in [3.05, 3.63) is 109 Å². The highest BCUT2D eigenvalue weighted by molar-refractivity contribution is 7.99. The number of hydrogen-bond donors (Lipinski definition) is 1. The molecule has 36 heavy (non-hydrogen) atoms. The van der Waals surface area contributed by atoms with Crippen LogP contribution in [0.3, 0.4) is 0 Å². The molecule has 5 rings (SSSR count). The molecule has 0 aliphatic carbocycles. The summed E-state index contributed by atoms with van der Waals surface area (Å²) in [4.78, 5) is 21.2. The number of para-hydroxylation sites is 1. The Hall–Kier alpha value is -4.50. The van der Waals surface area contributed by atoms with Gasteiger partial charge in [0.2, 0.25) is 5.91 Å². The molecule has 2 aromatic heterocycles. The number of carbonyl (C=O) groups excluding carboxylic acids is 1. The van der Waals surface area contributed by atoms with Crippen LogP contribution >= 0.6 is 11.8 Å². The van der Waals surface area contributed by atoms with Gasteiger partial charge in [-0.1, -0.05) is 60.3 Å². The number of thioether (sulfide) groups is 1. The van der Waals surface area contributed by atoms with Crippen LogP contribution in [0.15, 0.2) is 109 Å². The van der Waals surface area contributed by atoms with E-state index in [2.05, 4.69) is 25.5 Å². The van der Waals surface area contributed by atoms with Crippen LogP contribution < -0.4 is 10.1 Å². The van der Waals surface area contributed by atoms with Gasteiger partial charge in [0.1, 0.15) is 18.1 Å². The number of anilines is 1. The van der Waals surface area contributed by atoms with E-state index in [-0.39, 0.29) is 11.7 Å². The summed E-state index contributed by atoms with van der Waals surface area (Å²) in [6.45, 7) is 0.488. The number of nitrogens with one attached hydrogen (secondary N) is 1. The molecular formula is C27H22N6O2S. The number of hydrogen-bond acceptors (Lipinski definition) is 7. The predicted molar refractivity (Wildman–Crippen MR) is 139 cm³/mol. The van der Waals surface area contributed by atoms with E-state index in [9.17, 15) is 4.79 Å². The standard InChI is InChI=1S/C27H22N6O2S/c34-25(30-21-11-13-23(14-12-21)35-18-20-7-3-1-4-8-20)19-36-27-32-31-26(24-17-28-15-16-29-24)33(27)22-9-5-2-6-10-22/h1-17H,18-19H2,(H,30,34). The first-order valence-corrected chi connectivity index (χ1v) is 12.2. The molecule has 3 aromatic carbocycles. The molecule has 0 aliphatic heterocycles. The van der Waals surface area contributed by atoms with Gasteiger partial charge in [0, 0.05) is 23.8 Å². The van der Waals surface area contributed by atoms with Gasteiger partial charge in [-0.2, -0.15) is 0 Å². The lowest BCUT2D eigenvalue weighted by atomic mass is 10.2. The Labute approximate surface area is 212 Å². The van der Waals surface area contributed by atoms with Gasteiger partial charge in [0.15, 0.2) is 11.0 Å². The minimum Gasteiger partial charge on any atom is -0.489 e. The summed E-state index contributed by atoms with van der Waals surface area (Å²) in [5, 5.41) is 12.1. The van der Waals surface area contributed by atoms with Crippen LogP contribution in [0.4, 0.5) is 5.69 Å². The highest BCUT2D eigenvalue weighted by atomic mass is 32.2. The molecular weight excluding hydrogens is 472 g/mol. The van der Waals surface area contributed by atoms with Gasteiger partial charge in [-0.05, 0) is 42.0 Å². The molecule has 2 heterocycles. The third kappa shape index (κ3) is 5.76. The number of carbonyl (C=O) groups is 1. The maximum absolute atomic E-state index is 12.7. The highest BCUT2D eigenvalue weighted by Crippen LogP contribution is 2.27. The first-order chi connectivity index (χ1) is 17.8. The third-order valence-electron chi connectivity index (χ3n) is 5.16. The molecule has 5 aromatic rings. The van der Waals surface area contributed by atoms with Gasteiger partial charge in [0.25, 0.3) is 0 Å². The zero-order valence-electron chi connectivity index (χ0n) is 19.2. The quantitative estimate of drug-likeness (QED) is 0.287. The fraction of sp³-hybridized carbons (Fsp3) is 0.0741. The average Bonchev–Trinajstić information content (AvgIpc) is 3.37. The van der Waals surface area contributed by atoms with Crippen LogP contribution in [-0.4, -0.2) is 36.4 Å². The maximum Gasteiger partial charge on any atom is 0.234 e. The lowest BCUT2D eigenvalue weighted by molar-refractivity contribution is -0.113. The predicted octanol–water partition coefficient (Wildman–Crippen LogP) is 5.03. The molecule has 0 radical (unpaired) electrons. The van der Waals surface area contributed by atoms with Crippen LogP contribution in [0.2, 0.25) is 0 Å². The Morgan fingerprint density at radius 1 is 0.889 bits per heavy atom. The van der Waals surface area contributed by atoms with Crippen molar-refractivity contribution in [2.24, 2.45) is 0 Å². The first-order valence-electron chi connectivity index (χ1n) is 11.2. The molecule has 0 aliphatic rings. The van der Waals surface area contributed by atoms with E-state index in [0.717, 1.165) is 17.0 Å². The van der Waals surface area contributed by atoms with Crippen molar-refractivity contribution in [3.63, 3.8) is 0 Å². The lowest BCUT2D eigenvalue weighted by Gasteiger charge is -2.10. The van der Waals surface area contributed by atoms with E-state index in [1.54, 1.807) is 18.6 Å². The van der Waals surface area contributed by atoms with E-state index in [1.165, 1.54) is 11.8 Å². The second kappa shape index (κ2) is 11.3. The van der Waals surface area contributed by atoms with Crippen LogP contribution in [0.25, 0.3) is 17.2 Å². The molecule has 0 unspecified atom stereocenters. The fourth-order valence-corrected chi connectivity index (χ4v) is 4.21. The summed E-state index contributed by atoms with van der Waals surface area (Å²) < 4.78 is 7.68. The molecule has 0 atom stereocenters. The summed E-state index contributed by atoms with van der Waals surface area (Å²) in [6.07, 6.45) is 4.85. The van der Waals surface area contributed by atoms with Crippen molar-refractivity contribution in [3.8, 4) is 23.0 Å². The van der Waals surface area contributed by atoms with Crippen LogP contribution in [0.1, 0.15) is 5.56 Å². The van der Waals surface area contributed by atoms with E-state index in [1.807, 2.05) is 89.5 Å². The Balaban J connectivity index is 1.23. The lowest BCUT2D eigenvalue weighted by Crippen LogP contribution is -2.14. The average molecular weight is 495 g/mol. The van der Waals surface area contributed by atoms with Crippen molar-refractivity contribution in [1.82, 2.24) is 24.7 Å². The molecule has 8 nitrogen and oxygen atoms in total. The minimum atomic E-state index is -0.151. The topological polar surface area (TPSA) is 94.8 Å². The SMILES string of the molecule is O=C(CSc1nnc(-c2cnccn2)n1-c1ccccc1)Nc1ccc(OCc2ccccc2)cc1. The summed E-state index contributed by atoms with van der Waals surface area (Å²) in [6, 6.07) is 27.0. The normalized spacial score (nSPS) is 10.7. The van der Waals surface area contributed by atoms with Gasteiger partial charge < -0.3 is 10.1 Å². The largest absolute Gasteiger partial charge is 0.489 e. The molecule has 0 fully saturated rings. The van der Waals surface area contributed by atoms with Crippen LogP contribution in [-0.2, 0) is 11.4 Å². The summed E-state index contributed by atoms with van der Waals surface area (Å²) in [5.41, 5.74) is 3.26. The van der Waals surface area contributed by atoms with Crippen LogP contribution in [0.5, 0.6) is 5.75 Å². The van der Waals surface area contributed by atoms with Gasteiger partial charge in [-0.3, -0.25) is 14.3 Å². The molecule has 0 saturated heterocycles. The Bertz CT molecular complexity index is 1410. The molecule has 178 valence electrons. The zero-order chi connectivity index (χ0) is 24.6.